The Morgan fingerprint density at radius 1 is 1.23 bits per heavy atom. The quantitative estimate of drug-likeness (QED) is 0.156. The molecule has 0 fully saturated rings. The Bertz CT molecular complexity index is 599. The zero-order chi connectivity index (χ0) is 19.4. The lowest BCUT2D eigenvalue weighted by Crippen LogP contribution is -2.28. The van der Waals surface area contributed by atoms with Crippen LogP contribution in [0.2, 0.25) is 0 Å². The summed E-state index contributed by atoms with van der Waals surface area (Å²) in [5.74, 6) is -0.267. The molecule has 0 aliphatic heterocycles. The van der Waals surface area contributed by atoms with Crippen molar-refractivity contribution in [1.29, 1.82) is 0 Å². The molecule has 1 aromatic carbocycles. The topological polar surface area (TPSA) is 71.4 Å². The number of thioether (sulfide) groups is 1. The van der Waals surface area contributed by atoms with E-state index in [4.69, 9.17) is 9.57 Å². The van der Waals surface area contributed by atoms with Crippen LogP contribution in [0.4, 0.5) is 4.79 Å². The van der Waals surface area contributed by atoms with Crippen LogP contribution in [0.5, 0.6) is 0 Å². The van der Waals surface area contributed by atoms with Crippen LogP contribution in [0, 0.1) is 0 Å². The zero-order valence-electron chi connectivity index (χ0n) is 15.5. The third kappa shape index (κ3) is 9.12. The molecule has 0 aliphatic carbocycles. The standard InChI is InChI=1S/C17H25N3O4S2/c1-5-23-16(21)11-12-20(13-15-9-7-6-8-10-15)26-19(3)17(22)24-18-14(2)25-4/h6-10H,5,11-13H2,1-4H3. The van der Waals surface area contributed by atoms with Crippen LogP contribution in [-0.4, -0.2) is 52.2 Å². The van der Waals surface area contributed by atoms with E-state index in [0.29, 0.717) is 24.7 Å². The number of carbonyl (C=O) groups is 2. The maximum absolute atomic E-state index is 12.0. The Labute approximate surface area is 163 Å². The van der Waals surface area contributed by atoms with E-state index in [1.54, 1.807) is 20.9 Å². The molecule has 0 spiro atoms. The van der Waals surface area contributed by atoms with Crippen molar-refractivity contribution in [2.45, 2.75) is 26.8 Å². The van der Waals surface area contributed by atoms with Gasteiger partial charge < -0.3 is 4.74 Å². The number of hydrogen-bond donors (Lipinski definition) is 0. The highest BCUT2D eigenvalue weighted by molar-refractivity contribution is 8.13. The van der Waals surface area contributed by atoms with Crippen molar-refractivity contribution >= 4 is 41.0 Å². The van der Waals surface area contributed by atoms with Crippen LogP contribution < -0.4 is 0 Å². The molecule has 0 atom stereocenters. The summed E-state index contributed by atoms with van der Waals surface area (Å²) >= 11 is 2.57. The van der Waals surface area contributed by atoms with Gasteiger partial charge >= 0.3 is 12.1 Å². The summed E-state index contributed by atoms with van der Waals surface area (Å²) < 4.78 is 8.21. The Kier molecular flexibility index (Phi) is 10.8. The highest BCUT2D eigenvalue weighted by atomic mass is 32.2. The van der Waals surface area contributed by atoms with Crippen molar-refractivity contribution < 1.29 is 19.2 Å². The van der Waals surface area contributed by atoms with Crippen molar-refractivity contribution in [2.24, 2.45) is 5.16 Å². The number of esters is 1. The minimum atomic E-state index is -0.586. The van der Waals surface area contributed by atoms with Gasteiger partial charge in [0.05, 0.1) is 13.0 Å². The number of hydrogen-bond acceptors (Lipinski definition) is 8. The van der Waals surface area contributed by atoms with Crippen LogP contribution in [0.25, 0.3) is 0 Å². The number of nitrogens with zero attached hydrogens (tertiary/aromatic N) is 3. The van der Waals surface area contributed by atoms with Crippen molar-refractivity contribution in [3.63, 3.8) is 0 Å². The van der Waals surface area contributed by atoms with E-state index in [-0.39, 0.29) is 12.4 Å². The molecule has 1 amide bonds. The molecule has 1 rings (SSSR count). The van der Waals surface area contributed by atoms with E-state index in [0.717, 1.165) is 5.56 Å². The second kappa shape index (κ2) is 12.6. The normalized spacial score (nSPS) is 11.3. The second-order valence-electron chi connectivity index (χ2n) is 5.15. The van der Waals surface area contributed by atoms with Crippen molar-refractivity contribution in [2.75, 3.05) is 26.5 Å². The molecular formula is C17H25N3O4S2. The number of oxime groups is 1. The molecule has 9 heteroatoms. The molecular weight excluding hydrogens is 374 g/mol. The van der Waals surface area contributed by atoms with Gasteiger partial charge in [0.1, 0.15) is 5.04 Å². The average Bonchev–Trinajstić information content (AvgIpc) is 2.64. The number of rotatable bonds is 9. The molecule has 144 valence electrons. The molecule has 26 heavy (non-hydrogen) atoms. The van der Waals surface area contributed by atoms with Gasteiger partial charge in [0.25, 0.3) is 0 Å². The molecule has 0 bridgehead atoms. The zero-order valence-corrected chi connectivity index (χ0v) is 17.1. The van der Waals surface area contributed by atoms with Gasteiger partial charge in [0.2, 0.25) is 0 Å². The molecule has 0 saturated carbocycles. The number of amides is 1. The molecule has 0 unspecified atom stereocenters. The van der Waals surface area contributed by atoms with E-state index >= 15 is 0 Å². The first-order valence-corrected chi connectivity index (χ1v) is 10.1. The fraction of sp³-hybridized carbons (Fsp3) is 0.471. The molecule has 0 heterocycles. The van der Waals surface area contributed by atoms with Crippen molar-refractivity contribution in [3.8, 4) is 0 Å². The molecule has 1 aromatic rings. The Hall–Kier alpha value is -1.71. The van der Waals surface area contributed by atoms with E-state index in [1.807, 2.05) is 40.9 Å². The Balaban J connectivity index is 2.67. The fourth-order valence-corrected chi connectivity index (χ4v) is 2.73. The Morgan fingerprint density at radius 3 is 2.54 bits per heavy atom. The maximum atomic E-state index is 12.0. The minimum Gasteiger partial charge on any atom is -0.466 e. The molecule has 0 N–H and O–H groups in total. The highest BCUT2D eigenvalue weighted by Crippen LogP contribution is 2.20. The van der Waals surface area contributed by atoms with Gasteiger partial charge in [0, 0.05) is 32.3 Å². The lowest BCUT2D eigenvalue weighted by atomic mass is 10.2. The van der Waals surface area contributed by atoms with E-state index in [2.05, 4.69) is 5.16 Å². The van der Waals surface area contributed by atoms with Crippen LogP contribution >= 0.6 is 23.9 Å². The van der Waals surface area contributed by atoms with Gasteiger partial charge in [-0.25, -0.2) is 13.4 Å². The largest absolute Gasteiger partial charge is 0.466 e. The van der Waals surface area contributed by atoms with Crippen molar-refractivity contribution in [3.05, 3.63) is 35.9 Å². The number of ether oxygens (including phenoxy) is 1. The molecule has 0 radical (unpaired) electrons. The smallest absolute Gasteiger partial charge is 0.446 e. The van der Waals surface area contributed by atoms with Crippen LogP contribution in [-0.2, 0) is 20.9 Å². The summed E-state index contributed by atoms with van der Waals surface area (Å²) in [5.41, 5.74) is 1.07. The lowest BCUT2D eigenvalue weighted by molar-refractivity contribution is -0.143. The SMILES string of the molecule is CCOC(=O)CCN(Cc1ccccc1)SN(C)C(=O)ON=C(C)SC. The minimum absolute atomic E-state index is 0.236. The monoisotopic (exact) mass is 399 g/mol. The van der Waals surface area contributed by atoms with E-state index < -0.39 is 6.09 Å². The van der Waals surface area contributed by atoms with Gasteiger partial charge in [0.15, 0.2) is 0 Å². The van der Waals surface area contributed by atoms with E-state index in [1.165, 1.54) is 28.2 Å². The molecule has 7 nitrogen and oxygen atoms in total. The first-order chi connectivity index (χ1) is 12.5. The van der Waals surface area contributed by atoms with Gasteiger partial charge in [-0.05, 0) is 25.7 Å². The third-order valence-corrected chi connectivity index (χ3v) is 4.72. The van der Waals surface area contributed by atoms with Crippen LogP contribution in [0.3, 0.4) is 0 Å². The van der Waals surface area contributed by atoms with Gasteiger partial charge in [-0.15, -0.1) is 11.8 Å². The summed E-state index contributed by atoms with van der Waals surface area (Å²) in [5, 5.41) is 4.39. The van der Waals surface area contributed by atoms with E-state index in [9.17, 15) is 9.59 Å². The van der Waals surface area contributed by atoms with Crippen LogP contribution in [0.15, 0.2) is 35.5 Å². The first kappa shape index (κ1) is 22.3. The van der Waals surface area contributed by atoms with Gasteiger partial charge in [-0.3, -0.25) is 9.63 Å². The maximum Gasteiger partial charge on any atom is 0.446 e. The first-order valence-electron chi connectivity index (χ1n) is 8.12. The summed E-state index contributed by atoms with van der Waals surface area (Å²) in [6.45, 7) is 4.88. The summed E-state index contributed by atoms with van der Waals surface area (Å²) in [7, 11) is 1.60. The lowest BCUT2D eigenvalue weighted by Gasteiger charge is -2.24. The third-order valence-electron chi connectivity index (χ3n) is 3.12. The second-order valence-corrected chi connectivity index (χ2v) is 7.38. The van der Waals surface area contributed by atoms with Crippen molar-refractivity contribution in [1.82, 2.24) is 8.61 Å². The number of carbonyl (C=O) groups excluding carboxylic acids is 2. The summed E-state index contributed by atoms with van der Waals surface area (Å²) in [6.07, 6.45) is 1.50. The van der Waals surface area contributed by atoms with Gasteiger partial charge in [-0.2, -0.15) is 0 Å². The number of benzene rings is 1. The predicted octanol–water partition coefficient (Wildman–Crippen LogP) is 3.77. The van der Waals surface area contributed by atoms with Crippen LogP contribution in [0.1, 0.15) is 25.8 Å². The summed E-state index contributed by atoms with van der Waals surface area (Å²) in [6, 6.07) is 9.81. The summed E-state index contributed by atoms with van der Waals surface area (Å²) in [4.78, 5) is 28.6. The van der Waals surface area contributed by atoms with Gasteiger partial charge in [-0.1, -0.05) is 35.5 Å². The average molecular weight is 400 g/mol. The molecule has 0 saturated heterocycles. The molecule has 0 aliphatic rings. The highest BCUT2D eigenvalue weighted by Gasteiger charge is 2.18. The fourth-order valence-electron chi connectivity index (χ4n) is 1.79. The Morgan fingerprint density at radius 2 is 1.92 bits per heavy atom. The predicted molar refractivity (Wildman–Crippen MR) is 107 cm³/mol. The molecule has 0 aromatic heterocycles.